The number of aliphatic hydroxyl groups is 1. The molecule has 1 atom stereocenters. The minimum atomic E-state index is -1.49. The molecule has 0 aromatic heterocycles. The Bertz CT molecular complexity index is 342. The fourth-order valence-electron chi connectivity index (χ4n) is 1.08. The molecular formula is C10H12F3NO. The monoisotopic (exact) mass is 219 g/mol. The first-order chi connectivity index (χ1) is 7.02. The summed E-state index contributed by atoms with van der Waals surface area (Å²) in [5, 5.41) is 11.5. The average molecular weight is 219 g/mol. The smallest absolute Gasteiger partial charge is 0.196 e. The number of benzene rings is 1. The van der Waals surface area contributed by atoms with Crippen LogP contribution in [0.25, 0.3) is 0 Å². The molecule has 15 heavy (non-hydrogen) atoms. The summed E-state index contributed by atoms with van der Waals surface area (Å²) in [6.07, 6.45) is -0.121. The van der Waals surface area contributed by atoms with Crippen LogP contribution in [0.3, 0.4) is 0 Å². The van der Waals surface area contributed by atoms with Gasteiger partial charge in [-0.15, -0.1) is 0 Å². The van der Waals surface area contributed by atoms with Crippen LogP contribution >= 0.6 is 0 Å². The molecule has 0 saturated heterocycles. The van der Waals surface area contributed by atoms with E-state index in [0.717, 1.165) is 12.1 Å². The van der Waals surface area contributed by atoms with Gasteiger partial charge < -0.3 is 10.4 Å². The molecule has 0 heterocycles. The van der Waals surface area contributed by atoms with E-state index in [2.05, 4.69) is 5.32 Å². The highest BCUT2D eigenvalue weighted by Crippen LogP contribution is 2.19. The normalized spacial score (nSPS) is 12.6. The summed E-state index contributed by atoms with van der Waals surface area (Å²) in [5.74, 6) is -3.94. The van der Waals surface area contributed by atoms with Gasteiger partial charge in [-0.3, -0.25) is 0 Å². The molecule has 0 fully saturated rings. The summed E-state index contributed by atoms with van der Waals surface area (Å²) in [4.78, 5) is 0. The van der Waals surface area contributed by atoms with Gasteiger partial charge in [0.1, 0.15) is 0 Å². The van der Waals surface area contributed by atoms with Gasteiger partial charge in [0, 0.05) is 6.54 Å². The minimum Gasteiger partial charge on any atom is -0.393 e. The van der Waals surface area contributed by atoms with Gasteiger partial charge in [0.2, 0.25) is 0 Å². The molecule has 0 saturated carbocycles. The van der Waals surface area contributed by atoms with Crippen molar-refractivity contribution >= 4 is 5.69 Å². The maximum atomic E-state index is 13.0. The Morgan fingerprint density at radius 1 is 1.27 bits per heavy atom. The van der Waals surface area contributed by atoms with Crippen molar-refractivity contribution in [2.75, 3.05) is 11.9 Å². The highest BCUT2D eigenvalue weighted by Gasteiger charge is 2.12. The maximum Gasteiger partial charge on any atom is 0.196 e. The maximum absolute atomic E-state index is 13.0. The lowest BCUT2D eigenvalue weighted by atomic mass is 10.2. The molecule has 0 bridgehead atoms. The van der Waals surface area contributed by atoms with E-state index in [0.29, 0.717) is 13.0 Å². The average Bonchev–Trinajstić information content (AvgIpc) is 2.18. The second kappa shape index (κ2) is 5.02. The summed E-state index contributed by atoms with van der Waals surface area (Å²) < 4.78 is 38.3. The molecule has 1 aromatic rings. The van der Waals surface area contributed by atoms with E-state index >= 15 is 0 Å². The van der Waals surface area contributed by atoms with E-state index in [9.17, 15) is 13.2 Å². The quantitative estimate of drug-likeness (QED) is 0.761. The van der Waals surface area contributed by atoms with E-state index < -0.39 is 23.6 Å². The number of nitrogens with one attached hydrogen (secondary N) is 1. The van der Waals surface area contributed by atoms with Crippen LogP contribution in [0, 0.1) is 17.5 Å². The third-order valence-corrected chi connectivity index (χ3v) is 1.91. The van der Waals surface area contributed by atoms with Gasteiger partial charge in [0.25, 0.3) is 0 Å². The third-order valence-electron chi connectivity index (χ3n) is 1.91. The van der Waals surface area contributed by atoms with E-state index in [1.165, 1.54) is 0 Å². The number of hydrogen-bond donors (Lipinski definition) is 2. The first kappa shape index (κ1) is 11.8. The molecular weight excluding hydrogens is 207 g/mol. The summed E-state index contributed by atoms with van der Waals surface area (Å²) in [6.45, 7) is 1.88. The zero-order valence-corrected chi connectivity index (χ0v) is 8.23. The van der Waals surface area contributed by atoms with Crippen molar-refractivity contribution in [2.24, 2.45) is 0 Å². The number of anilines is 1. The lowest BCUT2D eigenvalue weighted by Crippen LogP contribution is -2.11. The highest BCUT2D eigenvalue weighted by molar-refractivity contribution is 5.45. The van der Waals surface area contributed by atoms with Crippen molar-refractivity contribution in [2.45, 2.75) is 19.4 Å². The molecule has 1 rings (SSSR count). The van der Waals surface area contributed by atoms with Crippen molar-refractivity contribution in [3.8, 4) is 0 Å². The number of aliphatic hydroxyl groups excluding tert-OH is 1. The Kier molecular flexibility index (Phi) is 3.96. The molecule has 2 N–H and O–H groups in total. The highest BCUT2D eigenvalue weighted by atomic mass is 19.2. The lowest BCUT2D eigenvalue weighted by molar-refractivity contribution is 0.188. The largest absolute Gasteiger partial charge is 0.393 e. The van der Waals surface area contributed by atoms with E-state index in [1.807, 2.05) is 0 Å². The van der Waals surface area contributed by atoms with Crippen LogP contribution in [0.15, 0.2) is 12.1 Å². The Morgan fingerprint density at radius 2 is 1.93 bits per heavy atom. The Balaban J connectivity index is 2.66. The van der Waals surface area contributed by atoms with Crippen molar-refractivity contribution in [1.82, 2.24) is 0 Å². The molecule has 0 aliphatic heterocycles. The lowest BCUT2D eigenvalue weighted by Gasteiger charge is -2.09. The van der Waals surface area contributed by atoms with Crippen LogP contribution < -0.4 is 5.32 Å². The van der Waals surface area contributed by atoms with Crippen molar-refractivity contribution in [3.05, 3.63) is 29.6 Å². The zero-order valence-electron chi connectivity index (χ0n) is 8.23. The number of rotatable bonds is 4. The van der Waals surface area contributed by atoms with Gasteiger partial charge in [0.15, 0.2) is 17.5 Å². The second-order valence-corrected chi connectivity index (χ2v) is 3.29. The van der Waals surface area contributed by atoms with Gasteiger partial charge >= 0.3 is 0 Å². The SMILES string of the molecule is CC(O)CCNc1ccc(F)c(F)c1F. The van der Waals surface area contributed by atoms with Gasteiger partial charge in [-0.1, -0.05) is 0 Å². The van der Waals surface area contributed by atoms with Gasteiger partial charge in [-0.2, -0.15) is 0 Å². The summed E-state index contributed by atoms with van der Waals surface area (Å²) in [7, 11) is 0. The number of halogens is 3. The molecule has 0 aliphatic rings. The van der Waals surface area contributed by atoms with E-state index in [1.54, 1.807) is 6.92 Å². The van der Waals surface area contributed by atoms with E-state index in [4.69, 9.17) is 5.11 Å². The van der Waals surface area contributed by atoms with Crippen molar-refractivity contribution in [3.63, 3.8) is 0 Å². The van der Waals surface area contributed by atoms with Gasteiger partial charge in [-0.25, -0.2) is 13.2 Å². The van der Waals surface area contributed by atoms with Crippen LogP contribution in [-0.2, 0) is 0 Å². The first-order valence-corrected chi connectivity index (χ1v) is 4.57. The molecule has 0 amide bonds. The molecule has 5 heteroatoms. The van der Waals surface area contributed by atoms with Crippen LogP contribution in [0.5, 0.6) is 0 Å². The zero-order chi connectivity index (χ0) is 11.4. The van der Waals surface area contributed by atoms with Gasteiger partial charge in [-0.05, 0) is 25.5 Å². The predicted octanol–water partition coefficient (Wildman–Crippen LogP) is 2.29. The Hall–Kier alpha value is -1.23. The molecule has 0 radical (unpaired) electrons. The van der Waals surface area contributed by atoms with Crippen molar-refractivity contribution in [1.29, 1.82) is 0 Å². The molecule has 0 spiro atoms. The topological polar surface area (TPSA) is 32.3 Å². The molecule has 1 aromatic carbocycles. The minimum absolute atomic E-state index is 0.102. The molecule has 1 unspecified atom stereocenters. The number of hydrogen-bond acceptors (Lipinski definition) is 2. The summed E-state index contributed by atoms with van der Waals surface area (Å²) in [5.41, 5.74) is -0.102. The molecule has 0 aliphatic carbocycles. The Labute approximate surface area is 85.7 Å². The predicted molar refractivity (Wildman–Crippen MR) is 51.1 cm³/mol. The van der Waals surface area contributed by atoms with Crippen molar-refractivity contribution < 1.29 is 18.3 Å². The summed E-state index contributed by atoms with van der Waals surface area (Å²) >= 11 is 0. The van der Waals surface area contributed by atoms with Crippen LogP contribution in [0.1, 0.15) is 13.3 Å². The molecule has 2 nitrogen and oxygen atoms in total. The fraction of sp³-hybridized carbons (Fsp3) is 0.400. The van der Waals surface area contributed by atoms with Crippen LogP contribution in [-0.4, -0.2) is 17.8 Å². The van der Waals surface area contributed by atoms with Gasteiger partial charge in [0.05, 0.1) is 11.8 Å². The second-order valence-electron chi connectivity index (χ2n) is 3.29. The first-order valence-electron chi connectivity index (χ1n) is 4.57. The summed E-state index contributed by atoms with van der Waals surface area (Å²) in [6, 6.07) is 1.97. The Morgan fingerprint density at radius 3 is 2.53 bits per heavy atom. The van der Waals surface area contributed by atoms with Crippen LogP contribution in [0.2, 0.25) is 0 Å². The fourth-order valence-corrected chi connectivity index (χ4v) is 1.08. The third kappa shape index (κ3) is 3.13. The molecule has 84 valence electrons. The van der Waals surface area contributed by atoms with E-state index in [-0.39, 0.29) is 5.69 Å². The standard InChI is InChI=1S/C10H12F3NO/c1-6(15)4-5-14-8-3-2-7(11)9(12)10(8)13/h2-3,6,14-15H,4-5H2,1H3. The van der Waals surface area contributed by atoms with Crippen LogP contribution in [0.4, 0.5) is 18.9 Å².